The first-order valence-electron chi connectivity index (χ1n) is 6.35. The van der Waals surface area contributed by atoms with Crippen molar-refractivity contribution in [3.8, 4) is 0 Å². The van der Waals surface area contributed by atoms with Crippen LogP contribution in [0.3, 0.4) is 0 Å². The molecule has 0 bridgehead atoms. The lowest BCUT2D eigenvalue weighted by Gasteiger charge is -2.05. The summed E-state index contributed by atoms with van der Waals surface area (Å²) in [5, 5.41) is 7.29. The Bertz CT molecular complexity index is 543. The Morgan fingerprint density at radius 2 is 2.05 bits per heavy atom. The molecule has 2 aromatic rings. The second-order valence-electron chi connectivity index (χ2n) is 4.43. The molecule has 0 saturated heterocycles. The van der Waals surface area contributed by atoms with Crippen LogP contribution in [0, 0.1) is 11.6 Å². The van der Waals surface area contributed by atoms with Gasteiger partial charge in [0.15, 0.2) is 11.6 Å². The van der Waals surface area contributed by atoms with Gasteiger partial charge < -0.3 is 5.32 Å². The summed E-state index contributed by atoms with van der Waals surface area (Å²) in [5.74, 6) is -1.59. The quantitative estimate of drug-likeness (QED) is 0.887. The summed E-state index contributed by atoms with van der Waals surface area (Å²) in [4.78, 5) is 0. The van der Waals surface area contributed by atoms with Crippen LogP contribution in [0.2, 0.25) is 0 Å². The van der Waals surface area contributed by atoms with Gasteiger partial charge in [0, 0.05) is 37.0 Å². The molecule has 1 aromatic carbocycles. The Balaban J connectivity index is 0.00000200. The Labute approximate surface area is 123 Å². The zero-order valence-corrected chi connectivity index (χ0v) is 12.1. The second-order valence-corrected chi connectivity index (χ2v) is 4.43. The van der Waals surface area contributed by atoms with Crippen molar-refractivity contribution in [2.24, 2.45) is 0 Å². The molecular weight excluding hydrogens is 284 g/mol. The van der Waals surface area contributed by atoms with Crippen molar-refractivity contribution >= 4 is 12.4 Å². The molecule has 3 nitrogen and oxygen atoms in total. The molecule has 110 valence electrons. The Hall–Kier alpha value is -1.46. The van der Waals surface area contributed by atoms with Gasteiger partial charge in [0.2, 0.25) is 0 Å². The summed E-state index contributed by atoms with van der Waals surface area (Å²) in [6, 6.07) is 4.20. The van der Waals surface area contributed by atoms with Crippen molar-refractivity contribution < 1.29 is 8.78 Å². The molecule has 6 heteroatoms. The Morgan fingerprint density at radius 3 is 2.80 bits per heavy atom. The molecule has 0 aliphatic rings. The van der Waals surface area contributed by atoms with Gasteiger partial charge in [-0.25, -0.2) is 8.78 Å². The van der Waals surface area contributed by atoms with E-state index in [2.05, 4.69) is 17.3 Å². The van der Waals surface area contributed by atoms with Crippen molar-refractivity contribution in [3.63, 3.8) is 0 Å². The number of rotatable bonds is 6. The van der Waals surface area contributed by atoms with Gasteiger partial charge in [0.25, 0.3) is 0 Å². The van der Waals surface area contributed by atoms with E-state index in [0.717, 1.165) is 24.6 Å². The number of halogens is 3. The van der Waals surface area contributed by atoms with Crippen LogP contribution in [0.15, 0.2) is 30.6 Å². The largest absolute Gasteiger partial charge is 0.308 e. The average Bonchev–Trinajstić information content (AvgIpc) is 2.83. The highest BCUT2D eigenvalue weighted by Gasteiger charge is 2.07. The monoisotopic (exact) mass is 301 g/mol. The van der Waals surface area contributed by atoms with Crippen molar-refractivity contribution in [1.82, 2.24) is 15.1 Å². The molecule has 0 aliphatic carbocycles. The first-order chi connectivity index (χ1) is 9.20. The smallest absolute Gasteiger partial charge is 0.163 e. The van der Waals surface area contributed by atoms with E-state index in [-0.39, 0.29) is 12.4 Å². The molecular formula is C14H18ClF2N3. The lowest BCUT2D eigenvalue weighted by Crippen LogP contribution is -2.13. The van der Waals surface area contributed by atoms with E-state index in [9.17, 15) is 8.78 Å². The first kappa shape index (κ1) is 16.6. The summed E-state index contributed by atoms with van der Waals surface area (Å²) >= 11 is 0. The summed E-state index contributed by atoms with van der Waals surface area (Å²) in [5.41, 5.74) is 1.37. The van der Waals surface area contributed by atoms with Crippen molar-refractivity contribution in [1.29, 1.82) is 0 Å². The van der Waals surface area contributed by atoms with E-state index >= 15 is 0 Å². The molecule has 2 rings (SSSR count). The maximum atomic E-state index is 13.4. The third-order valence-corrected chi connectivity index (χ3v) is 2.82. The van der Waals surface area contributed by atoms with E-state index in [1.807, 2.05) is 10.9 Å². The summed E-state index contributed by atoms with van der Waals surface area (Å²) in [6.45, 7) is 3.85. The molecule has 1 aromatic heterocycles. The van der Waals surface area contributed by atoms with Gasteiger partial charge in [-0.3, -0.25) is 4.68 Å². The molecule has 0 unspecified atom stereocenters. The number of aromatic nitrogens is 2. The molecule has 0 aliphatic heterocycles. The van der Waals surface area contributed by atoms with Crippen molar-refractivity contribution in [2.45, 2.75) is 33.0 Å². The molecule has 0 fully saturated rings. The predicted octanol–water partition coefficient (Wildman–Crippen LogP) is 3.28. The van der Waals surface area contributed by atoms with Crippen LogP contribution >= 0.6 is 12.4 Å². The van der Waals surface area contributed by atoms with E-state index < -0.39 is 11.6 Å². The number of hydrogen-bond acceptors (Lipinski definition) is 2. The fourth-order valence-corrected chi connectivity index (χ4v) is 1.88. The van der Waals surface area contributed by atoms with Crippen LogP contribution in [0.25, 0.3) is 0 Å². The van der Waals surface area contributed by atoms with Gasteiger partial charge >= 0.3 is 0 Å². The van der Waals surface area contributed by atoms with E-state index in [1.54, 1.807) is 12.3 Å². The topological polar surface area (TPSA) is 29.9 Å². The molecule has 1 heterocycles. The Morgan fingerprint density at radius 1 is 1.25 bits per heavy atom. The minimum Gasteiger partial charge on any atom is -0.308 e. The zero-order chi connectivity index (χ0) is 13.7. The van der Waals surface area contributed by atoms with Crippen LogP contribution in [0.4, 0.5) is 8.78 Å². The van der Waals surface area contributed by atoms with Crippen molar-refractivity contribution in [2.75, 3.05) is 0 Å². The molecule has 0 atom stereocenters. The van der Waals surface area contributed by atoms with E-state index in [0.29, 0.717) is 18.7 Å². The van der Waals surface area contributed by atoms with Gasteiger partial charge in [-0.1, -0.05) is 19.1 Å². The number of nitrogens with zero attached hydrogens (tertiary/aromatic N) is 2. The summed E-state index contributed by atoms with van der Waals surface area (Å²) < 4.78 is 28.3. The maximum absolute atomic E-state index is 13.4. The van der Waals surface area contributed by atoms with Gasteiger partial charge in [-0.2, -0.15) is 5.10 Å². The third kappa shape index (κ3) is 4.28. The van der Waals surface area contributed by atoms with Gasteiger partial charge in [0.1, 0.15) is 0 Å². The van der Waals surface area contributed by atoms with Crippen LogP contribution in [0.1, 0.15) is 24.5 Å². The lowest BCUT2D eigenvalue weighted by atomic mass is 10.2. The zero-order valence-electron chi connectivity index (χ0n) is 11.3. The second kappa shape index (κ2) is 7.97. The number of hydrogen-bond donors (Lipinski definition) is 1. The van der Waals surface area contributed by atoms with E-state index in [4.69, 9.17) is 0 Å². The highest BCUT2D eigenvalue weighted by molar-refractivity contribution is 5.85. The normalized spacial score (nSPS) is 10.3. The SMILES string of the molecule is CCCn1cc(CNCc2cccc(F)c2F)cn1.Cl. The van der Waals surface area contributed by atoms with Crippen LogP contribution in [0.5, 0.6) is 0 Å². The van der Waals surface area contributed by atoms with Crippen LogP contribution < -0.4 is 5.32 Å². The van der Waals surface area contributed by atoms with Crippen LogP contribution in [-0.4, -0.2) is 9.78 Å². The minimum absolute atomic E-state index is 0. The molecule has 0 saturated carbocycles. The molecule has 0 spiro atoms. The summed E-state index contributed by atoms with van der Waals surface area (Å²) in [7, 11) is 0. The van der Waals surface area contributed by atoms with Gasteiger partial charge in [-0.05, 0) is 12.5 Å². The summed E-state index contributed by atoms with van der Waals surface area (Å²) in [6.07, 6.45) is 4.77. The van der Waals surface area contributed by atoms with Crippen LogP contribution in [-0.2, 0) is 19.6 Å². The molecule has 1 N–H and O–H groups in total. The van der Waals surface area contributed by atoms with Gasteiger partial charge in [0.05, 0.1) is 6.20 Å². The fraction of sp³-hybridized carbons (Fsp3) is 0.357. The first-order valence-corrected chi connectivity index (χ1v) is 6.35. The predicted molar refractivity (Wildman–Crippen MR) is 76.7 cm³/mol. The molecule has 0 radical (unpaired) electrons. The minimum atomic E-state index is -0.810. The fourth-order valence-electron chi connectivity index (χ4n) is 1.88. The number of benzene rings is 1. The number of nitrogens with one attached hydrogen (secondary N) is 1. The number of aryl methyl sites for hydroxylation is 1. The molecule has 20 heavy (non-hydrogen) atoms. The van der Waals surface area contributed by atoms with E-state index in [1.165, 1.54) is 6.07 Å². The maximum Gasteiger partial charge on any atom is 0.163 e. The van der Waals surface area contributed by atoms with Crippen molar-refractivity contribution in [3.05, 3.63) is 53.4 Å². The highest BCUT2D eigenvalue weighted by atomic mass is 35.5. The average molecular weight is 302 g/mol. The standard InChI is InChI=1S/C14H17F2N3.ClH/c1-2-6-19-10-11(8-18-19)7-17-9-12-4-3-5-13(15)14(12)16;/h3-5,8,10,17H,2,6-7,9H2,1H3;1H. The lowest BCUT2D eigenvalue weighted by molar-refractivity contribution is 0.492. The Kier molecular flexibility index (Phi) is 6.61. The van der Waals surface area contributed by atoms with Gasteiger partial charge in [-0.15, -0.1) is 12.4 Å². The molecule has 0 amide bonds. The highest BCUT2D eigenvalue weighted by Crippen LogP contribution is 2.11. The third-order valence-electron chi connectivity index (χ3n) is 2.82.